The molecule has 6 nitrogen and oxygen atoms in total. The molecule has 0 aliphatic heterocycles. The van der Waals surface area contributed by atoms with Gasteiger partial charge in [0.05, 0.1) is 0 Å². The zero-order valence-corrected chi connectivity index (χ0v) is 10.5. The Hall–Kier alpha value is -2.63. The molecule has 0 bridgehead atoms. The maximum Gasteiger partial charge on any atom is 0.226 e. The fourth-order valence-corrected chi connectivity index (χ4v) is 1.86. The van der Waals surface area contributed by atoms with Crippen molar-refractivity contribution in [3.05, 3.63) is 47.8 Å². The minimum Gasteiger partial charge on any atom is -0.368 e. The van der Waals surface area contributed by atoms with Crippen LogP contribution in [-0.2, 0) is 6.54 Å². The van der Waals surface area contributed by atoms with E-state index in [1.807, 2.05) is 0 Å². The van der Waals surface area contributed by atoms with Crippen molar-refractivity contribution in [2.45, 2.75) is 13.5 Å². The number of nitrogens with one attached hydrogen (secondary N) is 1. The average Bonchev–Trinajstić information content (AvgIpc) is 2.81. The van der Waals surface area contributed by atoms with E-state index >= 15 is 0 Å². The molecule has 19 heavy (non-hydrogen) atoms. The maximum atomic E-state index is 5.70. The van der Waals surface area contributed by atoms with E-state index in [1.165, 1.54) is 11.1 Å². The molecule has 0 aliphatic rings. The van der Waals surface area contributed by atoms with Crippen molar-refractivity contribution in [3.63, 3.8) is 0 Å². The van der Waals surface area contributed by atoms with Crippen molar-refractivity contribution in [2.24, 2.45) is 0 Å². The molecule has 3 aromatic rings. The van der Waals surface area contributed by atoms with E-state index in [4.69, 9.17) is 5.73 Å². The molecule has 2 aromatic heterocycles. The first-order valence-corrected chi connectivity index (χ1v) is 5.98. The van der Waals surface area contributed by atoms with Crippen molar-refractivity contribution < 1.29 is 0 Å². The maximum absolute atomic E-state index is 5.70. The zero-order valence-electron chi connectivity index (χ0n) is 10.5. The van der Waals surface area contributed by atoms with Crippen LogP contribution in [0, 0.1) is 6.92 Å². The number of nitrogens with two attached hydrogens (primary N) is 1. The molecule has 0 radical (unpaired) electrons. The largest absolute Gasteiger partial charge is 0.368 e. The summed E-state index contributed by atoms with van der Waals surface area (Å²) in [6, 6.07) is 8.33. The Morgan fingerprint density at radius 2 is 2.00 bits per heavy atom. The number of fused-ring (bicyclic) bond motifs is 1. The SMILES string of the molecule is Cc1ccc(CNc2nccn3c(N)nnc23)cc1. The zero-order chi connectivity index (χ0) is 13.2. The van der Waals surface area contributed by atoms with Gasteiger partial charge in [-0.05, 0) is 12.5 Å². The van der Waals surface area contributed by atoms with Gasteiger partial charge in [0.25, 0.3) is 0 Å². The molecule has 0 unspecified atom stereocenters. The second-order valence-corrected chi connectivity index (χ2v) is 4.37. The number of nitrogens with zero attached hydrogens (tertiary/aromatic N) is 4. The molecule has 0 fully saturated rings. The van der Waals surface area contributed by atoms with Gasteiger partial charge in [-0.25, -0.2) is 4.98 Å². The van der Waals surface area contributed by atoms with Crippen molar-refractivity contribution >= 4 is 17.4 Å². The van der Waals surface area contributed by atoms with Crippen molar-refractivity contribution in [3.8, 4) is 0 Å². The van der Waals surface area contributed by atoms with Gasteiger partial charge in [0, 0.05) is 18.9 Å². The Labute approximate surface area is 110 Å². The molecule has 0 aliphatic carbocycles. The van der Waals surface area contributed by atoms with Crippen molar-refractivity contribution in [1.82, 2.24) is 19.6 Å². The molecule has 0 atom stereocenters. The van der Waals surface area contributed by atoms with Crippen LogP contribution >= 0.6 is 0 Å². The Kier molecular flexibility index (Phi) is 2.75. The normalized spacial score (nSPS) is 10.8. The lowest BCUT2D eigenvalue weighted by atomic mass is 10.1. The van der Waals surface area contributed by atoms with Crippen LogP contribution in [0.5, 0.6) is 0 Å². The topological polar surface area (TPSA) is 81.1 Å². The highest BCUT2D eigenvalue weighted by Gasteiger charge is 2.07. The number of aryl methyl sites for hydroxylation is 1. The lowest BCUT2D eigenvalue weighted by Gasteiger charge is -2.06. The summed E-state index contributed by atoms with van der Waals surface area (Å²) in [6.45, 7) is 2.75. The van der Waals surface area contributed by atoms with Crippen molar-refractivity contribution in [1.29, 1.82) is 0 Å². The van der Waals surface area contributed by atoms with E-state index in [0.717, 1.165) is 0 Å². The summed E-state index contributed by atoms with van der Waals surface area (Å²) in [7, 11) is 0. The van der Waals surface area contributed by atoms with Crippen LogP contribution in [0.1, 0.15) is 11.1 Å². The minimum atomic E-state index is 0.357. The number of nitrogen functional groups attached to an aromatic ring is 1. The molecular weight excluding hydrogens is 240 g/mol. The number of aromatic nitrogens is 4. The monoisotopic (exact) mass is 254 g/mol. The number of hydrogen-bond donors (Lipinski definition) is 2. The highest BCUT2D eigenvalue weighted by atomic mass is 15.3. The smallest absolute Gasteiger partial charge is 0.226 e. The van der Waals surface area contributed by atoms with Gasteiger partial charge in [0.1, 0.15) is 0 Å². The summed E-state index contributed by atoms with van der Waals surface area (Å²) >= 11 is 0. The summed E-state index contributed by atoms with van der Waals surface area (Å²) in [5, 5.41) is 11.1. The van der Waals surface area contributed by atoms with Gasteiger partial charge in [0.2, 0.25) is 11.6 Å². The summed E-state index contributed by atoms with van der Waals surface area (Å²) < 4.78 is 1.70. The van der Waals surface area contributed by atoms with Gasteiger partial charge in [0.15, 0.2) is 5.82 Å². The second kappa shape index (κ2) is 4.56. The predicted octanol–water partition coefficient (Wildman–Crippen LogP) is 1.63. The lowest BCUT2D eigenvalue weighted by Crippen LogP contribution is -2.04. The highest BCUT2D eigenvalue weighted by Crippen LogP contribution is 2.14. The first-order chi connectivity index (χ1) is 9.24. The van der Waals surface area contributed by atoms with E-state index in [9.17, 15) is 0 Å². The first-order valence-electron chi connectivity index (χ1n) is 5.98. The number of anilines is 2. The first kappa shape index (κ1) is 11.5. The Bertz CT molecular complexity index is 701. The van der Waals surface area contributed by atoms with Crippen LogP contribution in [0.2, 0.25) is 0 Å². The molecule has 3 N–H and O–H groups in total. The fourth-order valence-electron chi connectivity index (χ4n) is 1.86. The fraction of sp³-hybridized carbons (Fsp3) is 0.154. The van der Waals surface area contributed by atoms with Crippen molar-refractivity contribution in [2.75, 3.05) is 11.1 Å². The molecule has 0 saturated carbocycles. The van der Waals surface area contributed by atoms with E-state index in [1.54, 1.807) is 16.8 Å². The molecule has 6 heteroatoms. The summed E-state index contributed by atoms with van der Waals surface area (Å²) in [5.74, 6) is 1.03. The van der Waals surface area contributed by atoms with Crippen LogP contribution in [0.25, 0.3) is 5.65 Å². The van der Waals surface area contributed by atoms with Gasteiger partial charge in [-0.3, -0.25) is 4.40 Å². The Balaban J connectivity index is 1.83. The van der Waals surface area contributed by atoms with Crippen LogP contribution in [-0.4, -0.2) is 19.6 Å². The molecule has 0 spiro atoms. The molecule has 2 heterocycles. The molecule has 3 rings (SSSR count). The van der Waals surface area contributed by atoms with Crippen LogP contribution < -0.4 is 11.1 Å². The highest BCUT2D eigenvalue weighted by molar-refractivity contribution is 5.63. The van der Waals surface area contributed by atoms with E-state index in [-0.39, 0.29) is 0 Å². The summed E-state index contributed by atoms with van der Waals surface area (Å²) in [6.07, 6.45) is 3.41. The van der Waals surface area contributed by atoms with Crippen LogP contribution in [0.4, 0.5) is 11.8 Å². The van der Waals surface area contributed by atoms with E-state index in [0.29, 0.717) is 24.0 Å². The van der Waals surface area contributed by atoms with Gasteiger partial charge in [-0.2, -0.15) is 0 Å². The molecule has 96 valence electrons. The van der Waals surface area contributed by atoms with Gasteiger partial charge < -0.3 is 11.1 Å². The Morgan fingerprint density at radius 1 is 1.21 bits per heavy atom. The van der Waals surface area contributed by atoms with E-state index in [2.05, 4.69) is 51.7 Å². The summed E-state index contributed by atoms with van der Waals surface area (Å²) in [4.78, 5) is 4.26. The standard InChI is InChI=1S/C13H14N6/c1-9-2-4-10(5-3-9)8-16-11-12-17-18-13(14)19(12)7-6-15-11/h2-7H,8H2,1H3,(H2,14,18)(H,15,16). The quantitative estimate of drug-likeness (QED) is 0.742. The average molecular weight is 254 g/mol. The molecular formula is C13H14N6. The second-order valence-electron chi connectivity index (χ2n) is 4.37. The minimum absolute atomic E-state index is 0.357. The number of rotatable bonds is 3. The molecule has 0 saturated heterocycles. The number of benzene rings is 1. The third-order valence-corrected chi connectivity index (χ3v) is 2.93. The molecule has 0 amide bonds. The van der Waals surface area contributed by atoms with Gasteiger partial charge in [-0.15, -0.1) is 10.2 Å². The van der Waals surface area contributed by atoms with Gasteiger partial charge >= 0.3 is 0 Å². The third-order valence-electron chi connectivity index (χ3n) is 2.93. The van der Waals surface area contributed by atoms with Crippen LogP contribution in [0.3, 0.4) is 0 Å². The molecule has 1 aromatic carbocycles. The Morgan fingerprint density at radius 3 is 2.79 bits per heavy atom. The van der Waals surface area contributed by atoms with Gasteiger partial charge in [-0.1, -0.05) is 29.8 Å². The summed E-state index contributed by atoms with van der Waals surface area (Å²) in [5.41, 5.74) is 8.76. The predicted molar refractivity (Wildman–Crippen MR) is 73.7 cm³/mol. The number of hydrogen-bond acceptors (Lipinski definition) is 5. The third kappa shape index (κ3) is 2.20. The van der Waals surface area contributed by atoms with Crippen LogP contribution in [0.15, 0.2) is 36.7 Å². The van der Waals surface area contributed by atoms with E-state index < -0.39 is 0 Å². The lowest BCUT2D eigenvalue weighted by molar-refractivity contribution is 1.07.